The summed E-state index contributed by atoms with van der Waals surface area (Å²) in [5.41, 5.74) is 5.28. The highest BCUT2D eigenvalue weighted by atomic mass is 16.2. The lowest BCUT2D eigenvalue weighted by molar-refractivity contribution is -0.127. The number of carbonyl (C=O) groups excluding carboxylic acids is 1. The minimum absolute atomic E-state index is 0.00361. The number of piperidine rings is 1. The van der Waals surface area contributed by atoms with Crippen LogP contribution >= 0.6 is 0 Å². The van der Waals surface area contributed by atoms with Crippen LogP contribution in [0.2, 0.25) is 0 Å². The molecule has 0 aromatic heterocycles. The standard InChI is InChI=1S/C12H25N3O/c1-4-7-12(2,13)11(16)14-10-5-8-15(3)9-6-10/h10H,4-9,13H2,1-3H3,(H,14,16). The number of rotatable bonds is 4. The molecule has 0 aromatic rings. The van der Waals surface area contributed by atoms with Crippen molar-refractivity contribution < 1.29 is 4.79 Å². The number of hydrogen-bond acceptors (Lipinski definition) is 3. The third-order valence-electron chi connectivity index (χ3n) is 3.34. The van der Waals surface area contributed by atoms with Crippen molar-refractivity contribution >= 4 is 5.91 Å². The van der Waals surface area contributed by atoms with E-state index in [1.54, 1.807) is 0 Å². The Hall–Kier alpha value is -0.610. The van der Waals surface area contributed by atoms with Crippen LogP contribution in [0.25, 0.3) is 0 Å². The lowest BCUT2D eigenvalue weighted by Gasteiger charge is -2.32. The molecule has 1 saturated heterocycles. The molecular weight excluding hydrogens is 202 g/mol. The van der Waals surface area contributed by atoms with Crippen molar-refractivity contribution in [3.63, 3.8) is 0 Å². The Bertz CT molecular complexity index is 232. The molecule has 0 saturated carbocycles. The van der Waals surface area contributed by atoms with Gasteiger partial charge in [-0.3, -0.25) is 4.79 Å². The second-order valence-corrected chi connectivity index (χ2v) is 5.22. The molecule has 1 atom stereocenters. The number of nitrogens with one attached hydrogen (secondary N) is 1. The van der Waals surface area contributed by atoms with Gasteiger partial charge >= 0.3 is 0 Å². The quantitative estimate of drug-likeness (QED) is 0.744. The summed E-state index contributed by atoms with van der Waals surface area (Å²) in [6, 6.07) is 0.309. The largest absolute Gasteiger partial charge is 0.352 e. The van der Waals surface area contributed by atoms with Gasteiger partial charge in [0.05, 0.1) is 5.54 Å². The molecule has 0 aliphatic carbocycles. The maximum atomic E-state index is 12.0. The molecule has 1 amide bonds. The molecule has 3 N–H and O–H groups in total. The molecule has 0 spiro atoms. The van der Waals surface area contributed by atoms with E-state index in [4.69, 9.17) is 5.73 Å². The molecular formula is C12H25N3O. The van der Waals surface area contributed by atoms with Crippen molar-refractivity contribution in [1.82, 2.24) is 10.2 Å². The van der Waals surface area contributed by atoms with Crippen LogP contribution in [0.1, 0.15) is 39.5 Å². The van der Waals surface area contributed by atoms with Gasteiger partial charge in [-0.25, -0.2) is 0 Å². The summed E-state index contributed by atoms with van der Waals surface area (Å²) < 4.78 is 0. The maximum Gasteiger partial charge on any atom is 0.240 e. The third-order valence-corrected chi connectivity index (χ3v) is 3.34. The number of likely N-dealkylation sites (tertiary alicyclic amines) is 1. The van der Waals surface area contributed by atoms with Crippen LogP contribution in [0.4, 0.5) is 0 Å². The first kappa shape index (κ1) is 13.5. The Morgan fingerprint density at radius 2 is 2.06 bits per heavy atom. The number of amides is 1. The van der Waals surface area contributed by atoms with Gasteiger partial charge in [-0.15, -0.1) is 0 Å². The van der Waals surface area contributed by atoms with Gasteiger partial charge < -0.3 is 16.0 Å². The maximum absolute atomic E-state index is 12.0. The lowest BCUT2D eigenvalue weighted by atomic mass is 9.95. The van der Waals surface area contributed by atoms with Crippen molar-refractivity contribution in [2.75, 3.05) is 20.1 Å². The molecule has 1 fully saturated rings. The summed E-state index contributed by atoms with van der Waals surface area (Å²) in [7, 11) is 2.11. The molecule has 0 aromatic carbocycles. The van der Waals surface area contributed by atoms with E-state index >= 15 is 0 Å². The molecule has 1 unspecified atom stereocenters. The summed E-state index contributed by atoms with van der Waals surface area (Å²) in [5, 5.41) is 3.07. The van der Waals surface area contributed by atoms with Gasteiger partial charge in [-0.2, -0.15) is 0 Å². The Morgan fingerprint density at radius 3 is 2.56 bits per heavy atom. The first-order chi connectivity index (χ1) is 7.45. The average molecular weight is 227 g/mol. The molecule has 1 heterocycles. The molecule has 0 bridgehead atoms. The number of nitrogens with zero attached hydrogens (tertiary/aromatic N) is 1. The normalized spacial score (nSPS) is 22.8. The zero-order valence-electron chi connectivity index (χ0n) is 10.8. The van der Waals surface area contributed by atoms with Crippen molar-refractivity contribution in [2.45, 2.75) is 51.1 Å². The van der Waals surface area contributed by atoms with Crippen LogP contribution in [-0.4, -0.2) is 42.5 Å². The van der Waals surface area contributed by atoms with Gasteiger partial charge in [-0.05, 0) is 46.3 Å². The SMILES string of the molecule is CCCC(C)(N)C(=O)NC1CCN(C)CC1. The topological polar surface area (TPSA) is 58.4 Å². The summed E-state index contributed by atoms with van der Waals surface area (Å²) >= 11 is 0. The van der Waals surface area contributed by atoms with Gasteiger partial charge in [0, 0.05) is 6.04 Å². The van der Waals surface area contributed by atoms with Gasteiger partial charge in [0.25, 0.3) is 0 Å². The smallest absolute Gasteiger partial charge is 0.240 e. The first-order valence-electron chi connectivity index (χ1n) is 6.24. The lowest BCUT2D eigenvalue weighted by Crippen LogP contribution is -2.55. The monoisotopic (exact) mass is 227 g/mol. The summed E-state index contributed by atoms with van der Waals surface area (Å²) in [5.74, 6) is 0.00361. The van der Waals surface area contributed by atoms with E-state index in [0.29, 0.717) is 6.04 Å². The van der Waals surface area contributed by atoms with Gasteiger partial charge in [0.2, 0.25) is 5.91 Å². The van der Waals surface area contributed by atoms with Gasteiger partial charge in [-0.1, -0.05) is 13.3 Å². The zero-order valence-corrected chi connectivity index (χ0v) is 10.8. The second kappa shape index (κ2) is 5.64. The van der Waals surface area contributed by atoms with Crippen LogP contribution < -0.4 is 11.1 Å². The van der Waals surface area contributed by atoms with Crippen LogP contribution in [0.15, 0.2) is 0 Å². The fraction of sp³-hybridized carbons (Fsp3) is 0.917. The second-order valence-electron chi connectivity index (χ2n) is 5.22. The summed E-state index contributed by atoms with van der Waals surface area (Å²) in [6.45, 7) is 5.98. The third kappa shape index (κ3) is 3.76. The van der Waals surface area contributed by atoms with E-state index in [2.05, 4.69) is 17.3 Å². The molecule has 16 heavy (non-hydrogen) atoms. The van der Waals surface area contributed by atoms with E-state index in [9.17, 15) is 4.79 Å². The molecule has 1 aliphatic heterocycles. The fourth-order valence-electron chi connectivity index (χ4n) is 2.14. The van der Waals surface area contributed by atoms with Crippen LogP contribution in [0, 0.1) is 0 Å². The van der Waals surface area contributed by atoms with Crippen molar-refractivity contribution in [3.8, 4) is 0 Å². The number of carbonyl (C=O) groups is 1. The fourth-order valence-corrected chi connectivity index (χ4v) is 2.14. The molecule has 94 valence electrons. The highest BCUT2D eigenvalue weighted by Gasteiger charge is 2.29. The van der Waals surface area contributed by atoms with Gasteiger partial charge in [0.15, 0.2) is 0 Å². The highest BCUT2D eigenvalue weighted by Crippen LogP contribution is 2.12. The zero-order chi connectivity index (χ0) is 12.2. The summed E-state index contributed by atoms with van der Waals surface area (Å²) in [6.07, 6.45) is 3.74. The van der Waals surface area contributed by atoms with Crippen molar-refractivity contribution in [2.24, 2.45) is 5.73 Å². The highest BCUT2D eigenvalue weighted by molar-refractivity contribution is 5.85. The molecule has 4 nitrogen and oxygen atoms in total. The minimum Gasteiger partial charge on any atom is -0.352 e. The Labute approximate surface area is 98.6 Å². The van der Waals surface area contributed by atoms with Crippen LogP contribution in [0.5, 0.6) is 0 Å². The molecule has 1 aliphatic rings. The van der Waals surface area contributed by atoms with E-state index in [1.165, 1.54) is 0 Å². The van der Waals surface area contributed by atoms with Crippen LogP contribution in [0.3, 0.4) is 0 Å². The van der Waals surface area contributed by atoms with Crippen molar-refractivity contribution in [3.05, 3.63) is 0 Å². The van der Waals surface area contributed by atoms with E-state index in [1.807, 2.05) is 13.8 Å². The first-order valence-corrected chi connectivity index (χ1v) is 6.24. The van der Waals surface area contributed by atoms with E-state index in [-0.39, 0.29) is 5.91 Å². The van der Waals surface area contributed by atoms with E-state index in [0.717, 1.165) is 38.8 Å². The molecule has 4 heteroatoms. The molecule has 0 radical (unpaired) electrons. The van der Waals surface area contributed by atoms with Crippen LogP contribution in [-0.2, 0) is 4.79 Å². The van der Waals surface area contributed by atoms with Gasteiger partial charge in [0.1, 0.15) is 0 Å². The molecule has 1 rings (SSSR count). The Balaban J connectivity index is 2.39. The predicted molar refractivity (Wildman–Crippen MR) is 66.2 cm³/mol. The number of nitrogens with two attached hydrogens (primary N) is 1. The average Bonchev–Trinajstić information content (AvgIpc) is 2.21. The minimum atomic E-state index is -0.710. The predicted octanol–water partition coefficient (Wildman–Crippen LogP) is 0.714. The van der Waals surface area contributed by atoms with E-state index < -0.39 is 5.54 Å². The number of hydrogen-bond donors (Lipinski definition) is 2. The Kier molecular flexibility index (Phi) is 4.74. The summed E-state index contributed by atoms with van der Waals surface area (Å²) in [4.78, 5) is 14.2. The van der Waals surface area contributed by atoms with Crippen molar-refractivity contribution in [1.29, 1.82) is 0 Å². The Morgan fingerprint density at radius 1 is 1.50 bits per heavy atom.